The quantitative estimate of drug-likeness (QED) is 0.678. The van der Waals surface area contributed by atoms with E-state index >= 15 is 0 Å². The third-order valence-electron chi connectivity index (χ3n) is 4.44. The number of piperidine rings is 1. The van der Waals surface area contributed by atoms with Crippen LogP contribution in [0.1, 0.15) is 33.1 Å². The number of nitrogens with two attached hydrogens (primary N) is 1. The second kappa shape index (κ2) is 8.20. The first-order chi connectivity index (χ1) is 9.04. The van der Waals surface area contributed by atoms with E-state index in [1.54, 1.807) is 7.11 Å². The fourth-order valence-corrected chi connectivity index (χ4v) is 3.09. The van der Waals surface area contributed by atoms with Crippen molar-refractivity contribution in [1.82, 2.24) is 9.80 Å². The van der Waals surface area contributed by atoms with Crippen molar-refractivity contribution in [3.8, 4) is 0 Å². The monoisotopic (exact) mass is 271 g/mol. The molecule has 2 N–H and O–H groups in total. The maximum absolute atomic E-state index is 6.10. The van der Waals surface area contributed by atoms with Gasteiger partial charge in [-0.3, -0.25) is 4.90 Å². The summed E-state index contributed by atoms with van der Waals surface area (Å²) < 4.78 is 5.14. The van der Waals surface area contributed by atoms with Gasteiger partial charge < -0.3 is 15.4 Å². The van der Waals surface area contributed by atoms with Crippen molar-refractivity contribution in [3.05, 3.63) is 0 Å². The fourth-order valence-electron chi connectivity index (χ4n) is 3.09. The number of rotatable bonds is 8. The van der Waals surface area contributed by atoms with Crippen LogP contribution >= 0.6 is 0 Å². The lowest BCUT2D eigenvalue weighted by Gasteiger charge is -2.47. The predicted molar refractivity (Wildman–Crippen MR) is 81.4 cm³/mol. The highest BCUT2D eigenvalue weighted by Gasteiger charge is 2.36. The Kier molecular flexibility index (Phi) is 7.29. The summed E-state index contributed by atoms with van der Waals surface area (Å²) in [6.07, 6.45) is 3.48. The lowest BCUT2D eigenvalue weighted by atomic mass is 9.85. The van der Waals surface area contributed by atoms with Crippen molar-refractivity contribution in [2.24, 2.45) is 11.7 Å². The maximum atomic E-state index is 6.10. The summed E-state index contributed by atoms with van der Waals surface area (Å²) in [5.41, 5.74) is 6.31. The van der Waals surface area contributed by atoms with Crippen LogP contribution in [0.4, 0.5) is 0 Å². The summed E-state index contributed by atoms with van der Waals surface area (Å²) in [4.78, 5) is 5.06. The fraction of sp³-hybridized carbons (Fsp3) is 1.00. The molecule has 1 aliphatic rings. The molecular formula is C15H33N3O. The molecular weight excluding hydrogens is 238 g/mol. The molecule has 4 nitrogen and oxygen atoms in total. The van der Waals surface area contributed by atoms with Gasteiger partial charge in [-0.25, -0.2) is 0 Å². The molecule has 0 aromatic heterocycles. The van der Waals surface area contributed by atoms with Crippen molar-refractivity contribution in [2.75, 3.05) is 53.5 Å². The van der Waals surface area contributed by atoms with E-state index < -0.39 is 0 Å². The molecule has 19 heavy (non-hydrogen) atoms. The van der Waals surface area contributed by atoms with Gasteiger partial charge in [0, 0.05) is 38.9 Å². The second-order valence-corrected chi connectivity index (χ2v) is 6.39. The molecule has 114 valence electrons. The van der Waals surface area contributed by atoms with Crippen LogP contribution in [0.15, 0.2) is 0 Å². The topological polar surface area (TPSA) is 41.7 Å². The summed E-state index contributed by atoms with van der Waals surface area (Å²) in [7, 11) is 3.99. The van der Waals surface area contributed by atoms with Gasteiger partial charge in [0.2, 0.25) is 0 Å². The summed E-state index contributed by atoms with van der Waals surface area (Å²) in [5, 5.41) is 0. The van der Waals surface area contributed by atoms with Gasteiger partial charge >= 0.3 is 0 Å². The maximum Gasteiger partial charge on any atom is 0.0474 e. The molecule has 0 aliphatic carbocycles. The molecule has 1 rings (SSSR count). The Morgan fingerprint density at radius 1 is 1.32 bits per heavy atom. The van der Waals surface area contributed by atoms with Crippen LogP contribution < -0.4 is 5.73 Å². The zero-order chi connectivity index (χ0) is 14.3. The molecule has 0 bridgehead atoms. The Bertz CT molecular complexity index is 238. The van der Waals surface area contributed by atoms with Crippen molar-refractivity contribution < 1.29 is 4.74 Å². The first-order valence-electron chi connectivity index (χ1n) is 7.66. The number of likely N-dealkylation sites (tertiary alicyclic amines) is 1. The van der Waals surface area contributed by atoms with Crippen LogP contribution in [0.3, 0.4) is 0 Å². The highest BCUT2D eigenvalue weighted by atomic mass is 16.5. The van der Waals surface area contributed by atoms with Gasteiger partial charge in [0.1, 0.15) is 0 Å². The number of hydrogen-bond donors (Lipinski definition) is 1. The van der Waals surface area contributed by atoms with E-state index in [0.29, 0.717) is 0 Å². The standard InChI is InChI=1S/C15H33N3O/c1-14(2)12-18-9-6-15(13-16,7-10-18)17(3)8-5-11-19-4/h14H,5-13,16H2,1-4H3. The first-order valence-corrected chi connectivity index (χ1v) is 7.66. The van der Waals surface area contributed by atoms with Crippen LogP contribution in [0, 0.1) is 5.92 Å². The van der Waals surface area contributed by atoms with E-state index in [1.807, 2.05) is 0 Å². The number of likely N-dealkylation sites (N-methyl/N-ethyl adjacent to an activating group) is 1. The van der Waals surface area contributed by atoms with Gasteiger partial charge in [-0.15, -0.1) is 0 Å². The lowest BCUT2D eigenvalue weighted by Crippen LogP contribution is -2.58. The minimum absolute atomic E-state index is 0.210. The molecule has 0 radical (unpaired) electrons. The van der Waals surface area contributed by atoms with Crippen molar-refractivity contribution in [2.45, 2.75) is 38.6 Å². The van der Waals surface area contributed by atoms with E-state index in [1.165, 1.54) is 32.5 Å². The molecule has 1 fully saturated rings. The average Bonchev–Trinajstić information content (AvgIpc) is 2.39. The first kappa shape index (κ1) is 16.9. The molecule has 0 spiro atoms. The van der Waals surface area contributed by atoms with Crippen LogP contribution in [-0.4, -0.2) is 68.8 Å². The summed E-state index contributed by atoms with van der Waals surface area (Å²) >= 11 is 0. The van der Waals surface area contributed by atoms with Crippen LogP contribution in [0.2, 0.25) is 0 Å². The summed E-state index contributed by atoms with van der Waals surface area (Å²) in [6.45, 7) is 10.9. The number of hydrogen-bond acceptors (Lipinski definition) is 4. The molecule has 4 heteroatoms. The van der Waals surface area contributed by atoms with Crippen LogP contribution in [0.25, 0.3) is 0 Å². The van der Waals surface area contributed by atoms with E-state index in [2.05, 4.69) is 30.7 Å². The van der Waals surface area contributed by atoms with Gasteiger partial charge in [-0.1, -0.05) is 13.8 Å². The van der Waals surface area contributed by atoms with E-state index in [0.717, 1.165) is 32.0 Å². The molecule has 0 unspecified atom stereocenters. The molecule has 0 aromatic carbocycles. The number of ether oxygens (including phenoxy) is 1. The third-order valence-corrected chi connectivity index (χ3v) is 4.44. The largest absolute Gasteiger partial charge is 0.385 e. The van der Waals surface area contributed by atoms with Gasteiger partial charge in [0.25, 0.3) is 0 Å². The molecule has 1 heterocycles. The Balaban J connectivity index is 2.44. The lowest BCUT2D eigenvalue weighted by molar-refractivity contribution is 0.0362. The van der Waals surface area contributed by atoms with Gasteiger partial charge in [-0.05, 0) is 45.3 Å². The van der Waals surface area contributed by atoms with Gasteiger partial charge in [0.05, 0.1) is 0 Å². The smallest absolute Gasteiger partial charge is 0.0474 e. The summed E-state index contributed by atoms with van der Waals surface area (Å²) in [5.74, 6) is 0.754. The van der Waals surface area contributed by atoms with Crippen molar-refractivity contribution >= 4 is 0 Å². The van der Waals surface area contributed by atoms with Gasteiger partial charge in [0.15, 0.2) is 0 Å². The molecule has 0 atom stereocenters. The van der Waals surface area contributed by atoms with E-state index in [-0.39, 0.29) is 5.54 Å². The minimum Gasteiger partial charge on any atom is -0.385 e. The zero-order valence-corrected chi connectivity index (χ0v) is 13.3. The molecule has 0 aromatic rings. The highest BCUT2D eigenvalue weighted by molar-refractivity contribution is 4.95. The van der Waals surface area contributed by atoms with E-state index in [9.17, 15) is 0 Å². The molecule has 0 amide bonds. The molecule has 0 saturated carbocycles. The predicted octanol–water partition coefficient (Wildman–Crippen LogP) is 1.40. The van der Waals surface area contributed by atoms with Crippen molar-refractivity contribution in [3.63, 3.8) is 0 Å². The average molecular weight is 271 g/mol. The molecule has 1 aliphatic heterocycles. The third kappa shape index (κ3) is 5.03. The highest BCUT2D eigenvalue weighted by Crippen LogP contribution is 2.27. The minimum atomic E-state index is 0.210. The number of nitrogens with zero attached hydrogens (tertiary/aromatic N) is 2. The Morgan fingerprint density at radius 3 is 2.42 bits per heavy atom. The molecule has 1 saturated heterocycles. The van der Waals surface area contributed by atoms with Crippen LogP contribution in [0.5, 0.6) is 0 Å². The van der Waals surface area contributed by atoms with Crippen molar-refractivity contribution in [1.29, 1.82) is 0 Å². The Morgan fingerprint density at radius 2 is 1.95 bits per heavy atom. The Hall–Kier alpha value is -0.160. The SMILES string of the molecule is COCCCN(C)C1(CN)CCN(CC(C)C)CC1. The second-order valence-electron chi connectivity index (χ2n) is 6.39. The zero-order valence-electron chi connectivity index (χ0n) is 13.3. The Labute approximate surface area is 119 Å². The summed E-state index contributed by atoms with van der Waals surface area (Å²) in [6, 6.07) is 0. The van der Waals surface area contributed by atoms with Gasteiger partial charge in [-0.2, -0.15) is 0 Å². The number of methoxy groups -OCH3 is 1. The van der Waals surface area contributed by atoms with Crippen LogP contribution in [-0.2, 0) is 4.74 Å². The van der Waals surface area contributed by atoms with E-state index in [4.69, 9.17) is 10.5 Å². The normalized spacial score (nSPS) is 20.4.